The highest BCUT2D eigenvalue weighted by molar-refractivity contribution is 9.10. The first-order valence-corrected chi connectivity index (χ1v) is 6.75. The Morgan fingerprint density at radius 2 is 1.89 bits per heavy atom. The van der Waals surface area contributed by atoms with Gasteiger partial charge in [-0.05, 0) is 49.7 Å². The molecule has 0 bridgehead atoms. The summed E-state index contributed by atoms with van der Waals surface area (Å²) in [6, 6.07) is 9.87. The Kier molecular flexibility index (Phi) is 4.22. The number of rotatable bonds is 3. The molecule has 0 fully saturated rings. The third-order valence-corrected chi connectivity index (χ3v) is 3.33. The highest BCUT2D eigenvalue weighted by Crippen LogP contribution is 2.32. The van der Waals surface area contributed by atoms with E-state index < -0.39 is 0 Å². The first kappa shape index (κ1) is 14.0. The first-order chi connectivity index (χ1) is 8.97. The summed E-state index contributed by atoms with van der Waals surface area (Å²) in [4.78, 5) is 0. The van der Waals surface area contributed by atoms with Gasteiger partial charge >= 0.3 is 0 Å². The SMILES string of the molecule is Cc1ccc(Br)cc1Oc1ccc(F)cc1C(C)N. The zero-order chi connectivity index (χ0) is 14.0. The third kappa shape index (κ3) is 3.33. The normalized spacial score (nSPS) is 12.3. The Balaban J connectivity index is 2.40. The summed E-state index contributed by atoms with van der Waals surface area (Å²) in [5.74, 6) is 0.992. The molecule has 4 heteroatoms. The van der Waals surface area contributed by atoms with Gasteiger partial charge in [-0.1, -0.05) is 22.0 Å². The second kappa shape index (κ2) is 5.72. The van der Waals surface area contributed by atoms with Crippen LogP contribution in [0.5, 0.6) is 11.5 Å². The maximum atomic E-state index is 13.3. The monoisotopic (exact) mass is 323 g/mol. The van der Waals surface area contributed by atoms with Gasteiger partial charge in [0.15, 0.2) is 0 Å². The molecule has 2 aromatic carbocycles. The van der Waals surface area contributed by atoms with Crippen LogP contribution in [0.15, 0.2) is 40.9 Å². The highest BCUT2D eigenvalue weighted by Gasteiger charge is 2.11. The number of benzene rings is 2. The van der Waals surface area contributed by atoms with Crippen LogP contribution in [0.3, 0.4) is 0 Å². The molecule has 0 aromatic heterocycles. The molecule has 2 rings (SSSR count). The molecule has 0 heterocycles. The van der Waals surface area contributed by atoms with E-state index in [-0.39, 0.29) is 11.9 Å². The van der Waals surface area contributed by atoms with E-state index in [1.54, 1.807) is 13.0 Å². The lowest BCUT2D eigenvalue weighted by atomic mass is 10.1. The van der Waals surface area contributed by atoms with Gasteiger partial charge in [0.2, 0.25) is 0 Å². The standard InChI is InChI=1S/C15H15BrFNO/c1-9-3-4-11(16)7-15(9)19-14-6-5-12(17)8-13(14)10(2)18/h3-8,10H,18H2,1-2H3. The highest BCUT2D eigenvalue weighted by atomic mass is 79.9. The van der Waals surface area contributed by atoms with E-state index in [9.17, 15) is 4.39 Å². The molecule has 0 radical (unpaired) electrons. The number of nitrogens with two attached hydrogens (primary N) is 1. The van der Waals surface area contributed by atoms with Crippen molar-refractivity contribution in [3.05, 3.63) is 57.8 Å². The fourth-order valence-corrected chi connectivity index (χ4v) is 2.11. The Labute approximate surface area is 120 Å². The molecule has 19 heavy (non-hydrogen) atoms. The van der Waals surface area contributed by atoms with Crippen LogP contribution in [0, 0.1) is 12.7 Å². The topological polar surface area (TPSA) is 35.2 Å². The van der Waals surface area contributed by atoms with Gasteiger partial charge in [-0.3, -0.25) is 0 Å². The van der Waals surface area contributed by atoms with Crippen molar-refractivity contribution in [2.75, 3.05) is 0 Å². The van der Waals surface area contributed by atoms with Crippen LogP contribution in [0.25, 0.3) is 0 Å². The molecular formula is C15H15BrFNO. The van der Waals surface area contributed by atoms with Crippen LogP contribution < -0.4 is 10.5 Å². The minimum absolute atomic E-state index is 0.293. The van der Waals surface area contributed by atoms with Crippen molar-refractivity contribution in [1.29, 1.82) is 0 Å². The molecule has 2 aromatic rings. The second-order valence-corrected chi connectivity index (χ2v) is 5.40. The van der Waals surface area contributed by atoms with E-state index in [4.69, 9.17) is 10.5 Å². The fraction of sp³-hybridized carbons (Fsp3) is 0.200. The Morgan fingerprint density at radius 3 is 2.58 bits per heavy atom. The van der Waals surface area contributed by atoms with Gasteiger partial charge in [0.05, 0.1) is 0 Å². The molecule has 0 saturated carbocycles. The molecular weight excluding hydrogens is 309 g/mol. The van der Waals surface area contributed by atoms with Crippen molar-refractivity contribution in [3.63, 3.8) is 0 Å². The predicted octanol–water partition coefficient (Wildman–Crippen LogP) is 4.71. The zero-order valence-corrected chi connectivity index (χ0v) is 12.4. The summed E-state index contributed by atoms with van der Waals surface area (Å²) in [6.45, 7) is 3.76. The van der Waals surface area contributed by atoms with Crippen molar-refractivity contribution >= 4 is 15.9 Å². The molecule has 0 saturated heterocycles. The smallest absolute Gasteiger partial charge is 0.132 e. The number of hydrogen-bond donors (Lipinski definition) is 1. The van der Waals surface area contributed by atoms with E-state index in [0.717, 1.165) is 15.8 Å². The molecule has 0 aliphatic heterocycles. The Hall–Kier alpha value is -1.39. The number of halogens is 2. The minimum Gasteiger partial charge on any atom is -0.457 e. The summed E-state index contributed by atoms with van der Waals surface area (Å²) in [6.07, 6.45) is 0. The van der Waals surface area contributed by atoms with Crippen molar-refractivity contribution in [2.45, 2.75) is 19.9 Å². The molecule has 2 nitrogen and oxygen atoms in total. The minimum atomic E-state index is -0.314. The number of hydrogen-bond acceptors (Lipinski definition) is 2. The summed E-state index contributed by atoms with van der Waals surface area (Å²) in [5, 5.41) is 0. The number of aryl methyl sites for hydroxylation is 1. The van der Waals surface area contributed by atoms with Crippen LogP contribution in [0.1, 0.15) is 24.1 Å². The summed E-state index contributed by atoms with van der Waals surface area (Å²) >= 11 is 3.40. The largest absolute Gasteiger partial charge is 0.457 e. The average molecular weight is 324 g/mol. The summed E-state index contributed by atoms with van der Waals surface area (Å²) in [7, 11) is 0. The van der Waals surface area contributed by atoms with Gasteiger partial charge in [0.1, 0.15) is 17.3 Å². The molecule has 1 unspecified atom stereocenters. The maximum absolute atomic E-state index is 13.3. The second-order valence-electron chi connectivity index (χ2n) is 4.48. The van der Waals surface area contributed by atoms with Crippen molar-refractivity contribution in [3.8, 4) is 11.5 Å². The quantitative estimate of drug-likeness (QED) is 0.887. The lowest BCUT2D eigenvalue weighted by Crippen LogP contribution is -2.07. The van der Waals surface area contributed by atoms with Gasteiger partial charge in [-0.25, -0.2) is 4.39 Å². The number of ether oxygens (including phenoxy) is 1. The summed E-state index contributed by atoms with van der Waals surface area (Å²) in [5.41, 5.74) is 7.50. The molecule has 0 aliphatic carbocycles. The van der Waals surface area contributed by atoms with E-state index in [1.165, 1.54) is 12.1 Å². The van der Waals surface area contributed by atoms with Gasteiger partial charge in [0, 0.05) is 16.1 Å². The Morgan fingerprint density at radius 1 is 1.16 bits per heavy atom. The Bertz CT molecular complexity index is 599. The molecule has 0 aliphatic rings. The van der Waals surface area contributed by atoms with Crippen molar-refractivity contribution < 1.29 is 9.13 Å². The van der Waals surface area contributed by atoms with E-state index in [1.807, 2.05) is 25.1 Å². The fourth-order valence-electron chi connectivity index (χ4n) is 1.77. The van der Waals surface area contributed by atoms with Crippen LogP contribution in [0.2, 0.25) is 0 Å². The average Bonchev–Trinajstić information content (AvgIpc) is 2.35. The van der Waals surface area contributed by atoms with Crippen molar-refractivity contribution in [2.24, 2.45) is 5.73 Å². The lowest BCUT2D eigenvalue weighted by Gasteiger charge is -2.15. The van der Waals surface area contributed by atoms with Crippen molar-refractivity contribution in [1.82, 2.24) is 0 Å². The molecule has 1 atom stereocenters. The third-order valence-electron chi connectivity index (χ3n) is 2.83. The molecule has 0 spiro atoms. The van der Waals surface area contributed by atoms with Crippen LogP contribution in [0.4, 0.5) is 4.39 Å². The van der Waals surface area contributed by atoms with Gasteiger partial charge in [-0.2, -0.15) is 0 Å². The summed E-state index contributed by atoms with van der Waals surface area (Å²) < 4.78 is 20.1. The van der Waals surface area contributed by atoms with Crippen LogP contribution >= 0.6 is 15.9 Å². The van der Waals surface area contributed by atoms with Crippen LogP contribution in [-0.2, 0) is 0 Å². The molecule has 100 valence electrons. The van der Waals surface area contributed by atoms with Crippen LogP contribution in [-0.4, -0.2) is 0 Å². The van der Waals surface area contributed by atoms with Gasteiger partial charge < -0.3 is 10.5 Å². The molecule has 2 N–H and O–H groups in total. The van der Waals surface area contributed by atoms with E-state index in [2.05, 4.69) is 15.9 Å². The zero-order valence-electron chi connectivity index (χ0n) is 10.8. The van der Waals surface area contributed by atoms with E-state index >= 15 is 0 Å². The molecule has 0 amide bonds. The predicted molar refractivity (Wildman–Crippen MR) is 78.0 cm³/mol. The van der Waals surface area contributed by atoms with E-state index in [0.29, 0.717) is 11.3 Å². The first-order valence-electron chi connectivity index (χ1n) is 5.96. The van der Waals surface area contributed by atoms with Gasteiger partial charge in [0.25, 0.3) is 0 Å². The lowest BCUT2D eigenvalue weighted by molar-refractivity contribution is 0.465. The maximum Gasteiger partial charge on any atom is 0.132 e. The van der Waals surface area contributed by atoms with Gasteiger partial charge in [-0.15, -0.1) is 0 Å².